The number of hydrogen-bond donors (Lipinski definition) is 2. The molecule has 0 fully saturated rings. The molecule has 0 spiro atoms. The SMILES string of the molecule is CCC(NC(=O)c1cc(C(=O)NCc2c(C)noc2C)n2c1COCC2)c1ccccc1. The van der Waals surface area contributed by atoms with Gasteiger partial charge >= 0.3 is 0 Å². The molecule has 2 aromatic heterocycles. The van der Waals surface area contributed by atoms with Gasteiger partial charge in [-0.1, -0.05) is 42.4 Å². The van der Waals surface area contributed by atoms with Crippen molar-refractivity contribution in [1.82, 2.24) is 20.4 Å². The Morgan fingerprint density at radius 2 is 1.97 bits per heavy atom. The van der Waals surface area contributed by atoms with Crippen molar-refractivity contribution in [2.24, 2.45) is 0 Å². The number of fused-ring (bicyclic) bond motifs is 1. The largest absolute Gasteiger partial charge is 0.373 e. The third kappa shape index (κ3) is 4.31. The fourth-order valence-corrected chi connectivity index (χ4v) is 4.07. The predicted octanol–water partition coefficient (Wildman–Crippen LogP) is 3.43. The van der Waals surface area contributed by atoms with Crippen molar-refractivity contribution in [2.75, 3.05) is 6.61 Å². The highest BCUT2D eigenvalue weighted by molar-refractivity contribution is 6.00. The van der Waals surface area contributed by atoms with Gasteiger partial charge in [0, 0.05) is 18.7 Å². The Hall–Kier alpha value is -3.39. The van der Waals surface area contributed by atoms with E-state index in [-0.39, 0.29) is 17.9 Å². The number of nitrogens with zero attached hydrogens (tertiary/aromatic N) is 2. The van der Waals surface area contributed by atoms with E-state index in [0.717, 1.165) is 28.9 Å². The molecule has 0 radical (unpaired) electrons. The van der Waals surface area contributed by atoms with E-state index in [9.17, 15) is 9.59 Å². The molecule has 168 valence electrons. The van der Waals surface area contributed by atoms with Gasteiger partial charge in [-0.05, 0) is 31.9 Å². The molecule has 1 unspecified atom stereocenters. The molecule has 8 heteroatoms. The Morgan fingerprint density at radius 1 is 1.19 bits per heavy atom. The maximum absolute atomic E-state index is 13.2. The van der Waals surface area contributed by atoms with E-state index in [0.29, 0.717) is 43.3 Å². The Morgan fingerprint density at radius 3 is 2.66 bits per heavy atom. The topological polar surface area (TPSA) is 98.4 Å². The molecular formula is C24H28N4O4. The molecule has 8 nitrogen and oxygen atoms in total. The fraction of sp³-hybridized carbons (Fsp3) is 0.375. The van der Waals surface area contributed by atoms with Crippen LogP contribution in [0.15, 0.2) is 40.9 Å². The quantitative estimate of drug-likeness (QED) is 0.591. The molecule has 3 heterocycles. The number of carbonyl (C=O) groups excluding carboxylic acids is 2. The van der Waals surface area contributed by atoms with E-state index >= 15 is 0 Å². The van der Waals surface area contributed by atoms with E-state index in [1.807, 2.05) is 55.7 Å². The molecule has 0 saturated carbocycles. The van der Waals surface area contributed by atoms with Gasteiger partial charge in [-0.15, -0.1) is 0 Å². The van der Waals surface area contributed by atoms with Gasteiger partial charge in [-0.3, -0.25) is 9.59 Å². The van der Waals surface area contributed by atoms with Crippen molar-refractivity contribution in [3.8, 4) is 0 Å². The van der Waals surface area contributed by atoms with Crippen LogP contribution in [0.25, 0.3) is 0 Å². The van der Waals surface area contributed by atoms with Crippen molar-refractivity contribution in [2.45, 2.75) is 52.9 Å². The summed E-state index contributed by atoms with van der Waals surface area (Å²) in [6.45, 7) is 7.31. The molecule has 0 saturated heterocycles. The molecule has 1 aliphatic rings. The summed E-state index contributed by atoms with van der Waals surface area (Å²) in [6.07, 6.45) is 0.757. The number of benzene rings is 1. The summed E-state index contributed by atoms with van der Waals surface area (Å²) in [7, 11) is 0. The third-order valence-electron chi connectivity index (χ3n) is 5.91. The third-order valence-corrected chi connectivity index (χ3v) is 5.91. The van der Waals surface area contributed by atoms with Crippen LogP contribution >= 0.6 is 0 Å². The summed E-state index contributed by atoms with van der Waals surface area (Å²) in [5, 5.41) is 9.97. The second kappa shape index (κ2) is 9.40. The maximum atomic E-state index is 13.2. The average Bonchev–Trinajstić information content (AvgIpc) is 3.36. The van der Waals surface area contributed by atoms with Crippen LogP contribution in [0.3, 0.4) is 0 Å². The number of hydrogen-bond acceptors (Lipinski definition) is 5. The maximum Gasteiger partial charge on any atom is 0.268 e. The zero-order valence-electron chi connectivity index (χ0n) is 18.6. The van der Waals surface area contributed by atoms with Crippen LogP contribution in [0.2, 0.25) is 0 Å². The van der Waals surface area contributed by atoms with Crippen LogP contribution in [-0.4, -0.2) is 28.1 Å². The first-order chi connectivity index (χ1) is 15.5. The highest BCUT2D eigenvalue weighted by atomic mass is 16.5. The first kappa shape index (κ1) is 21.8. The van der Waals surface area contributed by atoms with Crippen LogP contribution in [0.4, 0.5) is 0 Å². The van der Waals surface area contributed by atoms with E-state index in [1.165, 1.54) is 0 Å². The Balaban J connectivity index is 1.56. The van der Waals surface area contributed by atoms with Gasteiger partial charge in [0.25, 0.3) is 11.8 Å². The number of aryl methyl sites for hydroxylation is 2. The Bertz CT molecular complexity index is 1100. The summed E-state index contributed by atoms with van der Waals surface area (Å²) in [5.74, 6) is 0.224. The lowest BCUT2D eigenvalue weighted by molar-refractivity contribution is 0.0776. The number of carbonyl (C=O) groups is 2. The second-order valence-electron chi connectivity index (χ2n) is 7.92. The average molecular weight is 437 g/mol. The van der Waals surface area contributed by atoms with Crippen molar-refractivity contribution in [1.29, 1.82) is 0 Å². The van der Waals surface area contributed by atoms with Crippen molar-refractivity contribution < 1.29 is 18.8 Å². The molecule has 4 rings (SSSR count). The summed E-state index contributed by atoms with van der Waals surface area (Å²) in [6, 6.07) is 11.4. The van der Waals surface area contributed by atoms with Gasteiger partial charge in [0.1, 0.15) is 11.5 Å². The molecule has 1 aliphatic heterocycles. The normalized spacial score (nSPS) is 14.0. The van der Waals surface area contributed by atoms with E-state index in [4.69, 9.17) is 9.26 Å². The van der Waals surface area contributed by atoms with Gasteiger partial charge in [0.15, 0.2) is 0 Å². The fourth-order valence-electron chi connectivity index (χ4n) is 4.07. The zero-order chi connectivity index (χ0) is 22.7. The van der Waals surface area contributed by atoms with Crippen LogP contribution in [0.1, 0.15) is 68.5 Å². The Labute approximate surface area is 186 Å². The summed E-state index contributed by atoms with van der Waals surface area (Å²) < 4.78 is 12.6. The van der Waals surface area contributed by atoms with Crippen LogP contribution < -0.4 is 10.6 Å². The molecule has 3 aromatic rings. The van der Waals surface area contributed by atoms with Crippen molar-refractivity contribution >= 4 is 11.8 Å². The van der Waals surface area contributed by atoms with Crippen molar-refractivity contribution in [3.05, 3.63) is 75.9 Å². The van der Waals surface area contributed by atoms with Gasteiger partial charge in [0.2, 0.25) is 0 Å². The Kier molecular flexibility index (Phi) is 6.41. The van der Waals surface area contributed by atoms with Gasteiger partial charge in [-0.25, -0.2) is 0 Å². The monoisotopic (exact) mass is 436 g/mol. The van der Waals surface area contributed by atoms with Gasteiger partial charge < -0.3 is 24.5 Å². The van der Waals surface area contributed by atoms with E-state index < -0.39 is 0 Å². The molecular weight excluding hydrogens is 408 g/mol. The number of nitrogens with one attached hydrogen (secondary N) is 2. The molecule has 2 N–H and O–H groups in total. The zero-order valence-corrected chi connectivity index (χ0v) is 18.6. The second-order valence-corrected chi connectivity index (χ2v) is 7.92. The minimum absolute atomic E-state index is 0.111. The van der Waals surface area contributed by atoms with E-state index in [1.54, 1.807) is 6.07 Å². The summed E-state index contributed by atoms with van der Waals surface area (Å²) in [5.41, 5.74) is 4.30. The molecule has 1 atom stereocenters. The lowest BCUT2D eigenvalue weighted by atomic mass is 10.0. The first-order valence-corrected chi connectivity index (χ1v) is 10.9. The summed E-state index contributed by atoms with van der Waals surface area (Å²) >= 11 is 0. The van der Waals surface area contributed by atoms with Gasteiger partial charge in [-0.2, -0.15) is 0 Å². The van der Waals surface area contributed by atoms with Crippen molar-refractivity contribution in [3.63, 3.8) is 0 Å². The molecule has 32 heavy (non-hydrogen) atoms. The minimum atomic E-state index is -0.248. The molecule has 1 aromatic carbocycles. The molecule has 0 aliphatic carbocycles. The minimum Gasteiger partial charge on any atom is -0.373 e. The number of amides is 2. The number of rotatable bonds is 7. The van der Waals surface area contributed by atoms with Crippen LogP contribution in [0.5, 0.6) is 0 Å². The summed E-state index contributed by atoms with van der Waals surface area (Å²) in [4.78, 5) is 26.2. The van der Waals surface area contributed by atoms with Crippen LogP contribution in [-0.2, 0) is 24.4 Å². The van der Waals surface area contributed by atoms with E-state index in [2.05, 4.69) is 15.8 Å². The lowest BCUT2D eigenvalue weighted by Gasteiger charge is -2.20. The lowest BCUT2D eigenvalue weighted by Crippen LogP contribution is -2.30. The highest BCUT2D eigenvalue weighted by Crippen LogP contribution is 2.23. The van der Waals surface area contributed by atoms with Gasteiger partial charge in [0.05, 0.1) is 36.2 Å². The standard InChI is InChI=1S/C24H28N4O4/c1-4-20(17-8-6-5-7-9-17)26-23(29)18-12-21(28-10-11-31-14-22(18)28)24(30)25-13-19-15(2)27-32-16(19)3/h5-9,12,20H,4,10-11,13-14H2,1-3H3,(H,25,30)(H,26,29). The molecule has 2 amide bonds. The highest BCUT2D eigenvalue weighted by Gasteiger charge is 2.27. The van der Waals surface area contributed by atoms with Crippen LogP contribution in [0, 0.1) is 13.8 Å². The molecule has 0 bridgehead atoms. The first-order valence-electron chi connectivity index (χ1n) is 10.9. The smallest absolute Gasteiger partial charge is 0.268 e. The predicted molar refractivity (Wildman–Crippen MR) is 118 cm³/mol. The number of aromatic nitrogens is 2. The number of ether oxygens (including phenoxy) is 1.